The maximum absolute atomic E-state index is 11.6. The minimum atomic E-state index is -2.91. The summed E-state index contributed by atoms with van der Waals surface area (Å²) < 4.78 is 24.1. The maximum atomic E-state index is 11.6. The molecule has 0 aliphatic carbocycles. The van der Waals surface area contributed by atoms with Crippen molar-refractivity contribution in [2.24, 2.45) is 0 Å². The van der Waals surface area contributed by atoms with Crippen molar-refractivity contribution >= 4 is 37.4 Å². The highest BCUT2D eigenvalue weighted by Crippen LogP contribution is 2.32. The summed E-state index contributed by atoms with van der Waals surface area (Å²) in [6.07, 6.45) is 2.42. The molecule has 0 saturated heterocycles. The van der Waals surface area contributed by atoms with Gasteiger partial charge in [0, 0.05) is 16.3 Å². The Morgan fingerprint density at radius 2 is 2.05 bits per heavy atom. The van der Waals surface area contributed by atoms with Crippen molar-refractivity contribution in [3.05, 3.63) is 33.3 Å². The van der Waals surface area contributed by atoms with Gasteiger partial charge in [-0.3, -0.25) is 0 Å². The molecule has 1 N–H and O–H groups in total. The molecule has 1 unspecified atom stereocenters. The lowest BCUT2D eigenvalue weighted by atomic mass is 10.0. The van der Waals surface area contributed by atoms with Gasteiger partial charge in [-0.05, 0) is 53.4 Å². The first-order valence-electron chi connectivity index (χ1n) is 7.29. The summed E-state index contributed by atoms with van der Waals surface area (Å²) >= 11 is 9.80. The fourth-order valence-electron chi connectivity index (χ4n) is 2.13. The van der Waals surface area contributed by atoms with Crippen molar-refractivity contribution in [1.29, 1.82) is 0 Å². The van der Waals surface area contributed by atoms with Crippen LogP contribution in [0.25, 0.3) is 0 Å². The van der Waals surface area contributed by atoms with Gasteiger partial charge >= 0.3 is 0 Å². The Balaban J connectivity index is 2.78. The van der Waals surface area contributed by atoms with Gasteiger partial charge < -0.3 is 5.32 Å². The van der Waals surface area contributed by atoms with E-state index in [2.05, 4.69) is 28.2 Å². The number of halogens is 2. The van der Waals surface area contributed by atoms with Gasteiger partial charge in [0.1, 0.15) is 9.84 Å². The van der Waals surface area contributed by atoms with E-state index in [-0.39, 0.29) is 17.5 Å². The highest BCUT2D eigenvalue weighted by Gasteiger charge is 2.17. The summed E-state index contributed by atoms with van der Waals surface area (Å²) in [4.78, 5) is 0. The molecule has 0 heterocycles. The third kappa shape index (κ3) is 6.27. The van der Waals surface area contributed by atoms with Crippen LogP contribution in [0.4, 0.5) is 0 Å². The van der Waals surface area contributed by atoms with Crippen molar-refractivity contribution in [2.75, 3.05) is 18.1 Å². The van der Waals surface area contributed by atoms with Gasteiger partial charge in [-0.2, -0.15) is 0 Å². The molecule has 0 aromatic heterocycles. The van der Waals surface area contributed by atoms with Crippen molar-refractivity contribution in [2.45, 2.75) is 39.2 Å². The summed E-state index contributed by atoms with van der Waals surface area (Å²) in [5.41, 5.74) is 1.02. The Labute approximate surface area is 141 Å². The van der Waals surface area contributed by atoms with Gasteiger partial charge in [0.2, 0.25) is 0 Å². The standard InChI is InChI=1S/C15H23BrClNO2S/c1-3-10-18-14(9-6-11-21(19,20)4-2)12-7-5-8-13(16)15(12)17/h5,7-8,14,18H,3-4,6,9-11H2,1-2H3. The summed E-state index contributed by atoms with van der Waals surface area (Å²) in [6.45, 7) is 4.68. The number of sulfone groups is 1. The van der Waals surface area contributed by atoms with Crippen LogP contribution in [-0.4, -0.2) is 26.5 Å². The third-order valence-electron chi connectivity index (χ3n) is 3.39. The molecule has 0 bridgehead atoms. The van der Waals surface area contributed by atoms with E-state index in [1.165, 1.54) is 0 Å². The van der Waals surface area contributed by atoms with Gasteiger partial charge in [0.25, 0.3) is 0 Å². The average molecular weight is 397 g/mol. The highest BCUT2D eigenvalue weighted by atomic mass is 79.9. The molecule has 1 atom stereocenters. The lowest BCUT2D eigenvalue weighted by molar-refractivity contribution is 0.492. The van der Waals surface area contributed by atoms with E-state index in [1.807, 2.05) is 18.2 Å². The molecular formula is C15H23BrClNO2S. The Bertz CT molecular complexity index is 549. The molecule has 1 aromatic rings. The molecule has 0 spiro atoms. The number of nitrogens with one attached hydrogen (secondary N) is 1. The smallest absolute Gasteiger partial charge is 0.150 e. The molecule has 1 aromatic carbocycles. The van der Waals surface area contributed by atoms with E-state index < -0.39 is 9.84 Å². The van der Waals surface area contributed by atoms with Crippen LogP contribution in [-0.2, 0) is 9.84 Å². The first kappa shape index (κ1) is 18.9. The zero-order chi connectivity index (χ0) is 15.9. The molecule has 120 valence electrons. The van der Waals surface area contributed by atoms with Crippen LogP contribution in [0, 0.1) is 0 Å². The van der Waals surface area contributed by atoms with E-state index in [1.54, 1.807) is 6.92 Å². The van der Waals surface area contributed by atoms with Crippen LogP contribution in [0.2, 0.25) is 5.02 Å². The molecular weight excluding hydrogens is 374 g/mol. The second kappa shape index (κ2) is 9.13. The van der Waals surface area contributed by atoms with Crippen molar-refractivity contribution < 1.29 is 8.42 Å². The number of hydrogen-bond acceptors (Lipinski definition) is 3. The molecule has 0 aliphatic heterocycles. The van der Waals surface area contributed by atoms with E-state index in [4.69, 9.17) is 11.6 Å². The van der Waals surface area contributed by atoms with Gasteiger partial charge in [-0.15, -0.1) is 0 Å². The van der Waals surface area contributed by atoms with Gasteiger partial charge in [0.05, 0.1) is 10.8 Å². The molecule has 3 nitrogen and oxygen atoms in total. The predicted molar refractivity (Wildman–Crippen MR) is 93.7 cm³/mol. The molecule has 21 heavy (non-hydrogen) atoms. The summed E-state index contributed by atoms with van der Waals surface area (Å²) in [7, 11) is -2.91. The molecule has 6 heteroatoms. The molecule has 0 aliphatic rings. The maximum Gasteiger partial charge on any atom is 0.150 e. The fourth-order valence-corrected chi connectivity index (χ4v) is 3.66. The highest BCUT2D eigenvalue weighted by molar-refractivity contribution is 9.10. The topological polar surface area (TPSA) is 46.2 Å². The van der Waals surface area contributed by atoms with Crippen LogP contribution < -0.4 is 5.32 Å². The van der Waals surface area contributed by atoms with E-state index >= 15 is 0 Å². The van der Waals surface area contributed by atoms with E-state index in [9.17, 15) is 8.42 Å². The van der Waals surface area contributed by atoms with Crippen LogP contribution in [0.1, 0.15) is 44.7 Å². The second-order valence-corrected chi connectivity index (χ2v) is 8.73. The van der Waals surface area contributed by atoms with E-state index in [0.717, 1.165) is 29.4 Å². The number of rotatable bonds is 9. The minimum Gasteiger partial charge on any atom is -0.310 e. The minimum absolute atomic E-state index is 0.0852. The first-order valence-corrected chi connectivity index (χ1v) is 10.3. The Morgan fingerprint density at radius 1 is 1.33 bits per heavy atom. The quantitative estimate of drug-likeness (QED) is 0.674. The molecule has 0 fully saturated rings. The van der Waals surface area contributed by atoms with Crippen LogP contribution in [0.5, 0.6) is 0 Å². The normalized spacial score (nSPS) is 13.3. The van der Waals surface area contributed by atoms with Gasteiger partial charge in [-0.25, -0.2) is 8.42 Å². The van der Waals surface area contributed by atoms with Gasteiger partial charge in [-0.1, -0.05) is 37.6 Å². The Morgan fingerprint density at radius 3 is 2.67 bits per heavy atom. The van der Waals surface area contributed by atoms with Crippen LogP contribution >= 0.6 is 27.5 Å². The molecule has 0 radical (unpaired) electrons. The molecule has 0 saturated carbocycles. The van der Waals surface area contributed by atoms with Crippen LogP contribution in [0.15, 0.2) is 22.7 Å². The van der Waals surface area contributed by atoms with Crippen molar-refractivity contribution in [1.82, 2.24) is 5.32 Å². The number of hydrogen-bond donors (Lipinski definition) is 1. The summed E-state index contributed by atoms with van der Waals surface area (Å²) in [5, 5.41) is 4.16. The van der Waals surface area contributed by atoms with Crippen LogP contribution in [0.3, 0.4) is 0 Å². The lowest BCUT2D eigenvalue weighted by Crippen LogP contribution is -2.23. The Hall–Kier alpha value is -0.100. The largest absolute Gasteiger partial charge is 0.310 e. The average Bonchev–Trinajstić information content (AvgIpc) is 2.46. The predicted octanol–water partition coefficient (Wildman–Crippen LogP) is 4.36. The molecule has 1 rings (SSSR count). The monoisotopic (exact) mass is 395 g/mol. The van der Waals surface area contributed by atoms with E-state index in [0.29, 0.717) is 11.4 Å². The third-order valence-corrected chi connectivity index (χ3v) is 6.49. The summed E-state index contributed by atoms with van der Waals surface area (Å²) in [5.74, 6) is 0.442. The zero-order valence-corrected chi connectivity index (χ0v) is 15.7. The van der Waals surface area contributed by atoms with Crippen molar-refractivity contribution in [3.8, 4) is 0 Å². The Kier molecular flexibility index (Phi) is 8.24. The molecule has 0 amide bonds. The fraction of sp³-hybridized carbons (Fsp3) is 0.600. The van der Waals surface area contributed by atoms with Gasteiger partial charge in [0.15, 0.2) is 0 Å². The second-order valence-electron chi connectivity index (χ2n) is 5.03. The number of benzene rings is 1. The van der Waals surface area contributed by atoms with Crippen molar-refractivity contribution in [3.63, 3.8) is 0 Å². The summed E-state index contributed by atoms with van der Waals surface area (Å²) in [6, 6.07) is 5.94. The SMILES string of the molecule is CCCNC(CCCS(=O)(=O)CC)c1cccc(Br)c1Cl. The zero-order valence-electron chi connectivity index (χ0n) is 12.5. The first-order chi connectivity index (χ1) is 9.91. The lowest BCUT2D eigenvalue weighted by Gasteiger charge is -2.20.